The lowest BCUT2D eigenvalue weighted by Gasteiger charge is -2.02. The number of hydrogen-bond donors (Lipinski definition) is 0. The number of allylic oxidation sites excluding steroid dienone is 2. The highest BCUT2D eigenvalue weighted by Crippen LogP contribution is 2.22. The first-order valence-electron chi connectivity index (χ1n) is 8.54. The number of benzene rings is 3. The molecule has 0 fully saturated rings. The Morgan fingerprint density at radius 1 is 0.964 bits per heavy atom. The van der Waals surface area contributed by atoms with Gasteiger partial charge in [0.05, 0.1) is 10.5 Å². The summed E-state index contributed by atoms with van der Waals surface area (Å²) in [5.41, 5.74) is 1.28. The molecule has 6 nitrogen and oxygen atoms in total. The molecule has 0 N–H and O–H groups in total. The fourth-order valence-corrected chi connectivity index (χ4v) is 2.91. The van der Waals surface area contributed by atoms with E-state index in [4.69, 9.17) is 4.74 Å². The van der Waals surface area contributed by atoms with Gasteiger partial charge < -0.3 is 4.74 Å². The van der Waals surface area contributed by atoms with E-state index in [1.54, 1.807) is 30.4 Å². The van der Waals surface area contributed by atoms with E-state index in [-0.39, 0.29) is 17.3 Å². The van der Waals surface area contributed by atoms with Crippen LogP contribution in [0.15, 0.2) is 89.6 Å². The molecule has 0 saturated carbocycles. The highest BCUT2D eigenvalue weighted by atomic mass is 16.6. The number of nitrogens with zero attached hydrogens (tertiary/aromatic N) is 2. The van der Waals surface area contributed by atoms with Gasteiger partial charge in [-0.25, -0.2) is 9.79 Å². The molecule has 3 aromatic rings. The van der Waals surface area contributed by atoms with Crippen molar-refractivity contribution in [1.29, 1.82) is 0 Å². The molecule has 4 rings (SSSR count). The Kier molecular flexibility index (Phi) is 4.51. The third-order valence-electron chi connectivity index (χ3n) is 4.28. The quantitative estimate of drug-likeness (QED) is 0.290. The molecule has 0 bridgehead atoms. The number of nitro groups is 1. The molecule has 0 saturated heterocycles. The number of hydrogen-bond acceptors (Lipinski definition) is 5. The number of nitro benzene ring substituents is 1. The van der Waals surface area contributed by atoms with Gasteiger partial charge in [0.2, 0.25) is 5.90 Å². The van der Waals surface area contributed by atoms with Crippen molar-refractivity contribution < 1.29 is 14.5 Å². The normalized spacial score (nSPS) is 15.2. The van der Waals surface area contributed by atoms with E-state index in [0.717, 1.165) is 10.8 Å². The predicted molar refractivity (Wildman–Crippen MR) is 107 cm³/mol. The zero-order valence-corrected chi connectivity index (χ0v) is 14.6. The zero-order valence-electron chi connectivity index (χ0n) is 14.6. The van der Waals surface area contributed by atoms with Crippen LogP contribution in [0.5, 0.6) is 0 Å². The summed E-state index contributed by atoms with van der Waals surface area (Å²) in [7, 11) is 0. The molecule has 0 atom stereocenters. The number of rotatable bonds is 4. The van der Waals surface area contributed by atoms with Crippen LogP contribution in [0.2, 0.25) is 0 Å². The fourth-order valence-electron chi connectivity index (χ4n) is 2.91. The first-order valence-corrected chi connectivity index (χ1v) is 8.54. The van der Waals surface area contributed by atoms with Crippen LogP contribution in [0.4, 0.5) is 5.69 Å². The fraction of sp³-hybridized carbons (Fsp3) is 0. The highest BCUT2D eigenvalue weighted by molar-refractivity contribution is 6.12. The van der Waals surface area contributed by atoms with Gasteiger partial charge in [-0.15, -0.1) is 0 Å². The predicted octanol–water partition coefficient (Wildman–Crippen LogP) is 4.65. The summed E-state index contributed by atoms with van der Waals surface area (Å²) >= 11 is 0. The maximum atomic E-state index is 12.1. The number of carbonyl (C=O) groups is 1. The average Bonchev–Trinajstić information content (AvgIpc) is 3.08. The van der Waals surface area contributed by atoms with Gasteiger partial charge in [-0.2, -0.15) is 0 Å². The summed E-state index contributed by atoms with van der Waals surface area (Å²) < 4.78 is 5.27. The van der Waals surface area contributed by atoms with Crippen LogP contribution in [-0.2, 0) is 9.53 Å². The molecule has 0 spiro atoms. The Labute approximate surface area is 160 Å². The van der Waals surface area contributed by atoms with Crippen LogP contribution in [0.3, 0.4) is 0 Å². The summed E-state index contributed by atoms with van der Waals surface area (Å²) in [6, 6.07) is 19.9. The molecule has 6 heteroatoms. The number of fused-ring (bicyclic) bond motifs is 1. The molecule has 1 aliphatic heterocycles. The second-order valence-electron chi connectivity index (χ2n) is 6.10. The number of para-hydroxylation sites is 1. The second kappa shape index (κ2) is 7.28. The summed E-state index contributed by atoms with van der Waals surface area (Å²) in [4.78, 5) is 26.9. The standard InChI is InChI=1S/C22H14N2O4/c25-22-19(10-5-9-16-7-3-4-11-20(16)24(26)27)23-21(28-22)18-13-12-15-6-1-2-8-17(15)14-18/h1-14H/b9-5+,19-10-. The Morgan fingerprint density at radius 3 is 2.54 bits per heavy atom. The van der Waals surface area contributed by atoms with E-state index < -0.39 is 10.9 Å². The molecular formula is C22H14N2O4. The smallest absolute Gasteiger partial charge is 0.363 e. The minimum atomic E-state index is -0.560. The third kappa shape index (κ3) is 3.43. The zero-order chi connectivity index (χ0) is 19.5. The van der Waals surface area contributed by atoms with Crippen LogP contribution in [-0.4, -0.2) is 16.8 Å². The Morgan fingerprint density at radius 2 is 1.71 bits per heavy atom. The third-order valence-corrected chi connectivity index (χ3v) is 4.28. The van der Waals surface area contributed by atoms with Gasteiger partial charge in [0.15, 0.2) is 5.70 Å². The van der Waals surface area contributed by atoms with Crippen molar-refractivity contribution in [3.63, 3.8) is 0 Å². The molecule has 28 heavy (non-hydrogen) atoms. The lowest BCUT2D eigenvalue weighted by Crippen LogP contribution is -2.05. The van der Waals surface area contributed by atoms with E-state index in [1.165, 1.54) is 12.1 Å². The molecule has 0 amide bonds. The Balaban J connectivity index is 1.61. The van der Waals surface area contributed by atoms with Gasteiger partial charge >= 0.3 is 5.97 Å². The van der Waals surface area contributed by atoms with E-state index in [0.29, 0.717) is 11.1 Å². The van der Waals surface area contributed by atoms with Crippen molar-refractivity contribution in [2.75, 3.05) is 0 Å². The minimum Gasteiger partial charge on any atom is -0.402 e. The minimum absolute atomic E-state index is 0.00787. The summed E-state index contributed by atoms with van der Waals surface area (Å²) in [5, 5.41) is 13.2. The van der Waals surface area contributed by atoms with Crippen molar-refractivity contribution in [3.05, 3.63) is 106 Å². The molecular weight excluding hydrogens is 356 g/mol. The lowest BCUT2D eigenvalue weighted by molar-refractivity contribution is -0.385. The van der Waals surface area contributed by atoms with Gasteiger partial charge in [-0.05, 0) is 41.1 Å². The number of esters is 1. The van der Waals surface area contributed by atoms with Crippen molar-refractivity contribution >= 4 is 34.4 Å². The largest absolute Gasteiger partial charge is 0.402 e. The Bertz CT molecular complexity index is 1190. The lowest BCUT2D eigenvalue weighted by atomic mass is 10.1. The van der Waals surface area contributed by atoms with E-state index in [2.05, 4.69) is 4.99 Å². The number of ether oxygens (including phenoxy) is 1. The molecule has 3 aromatic carbocycles. The molecule has 1 aliphatic rings. The van der Waals surface area contributed by atoms with Crippen molar-refractivity contribution in [1.82, 2.24) is 0 Å². The van der Waals surface area contributed by atoms with E-state index >= 15 is 0 Å². The number of aliphatic imine (C=N–C) groups is 1. The molecule has 0 aromatic heterocycles. The Hall–Kier alpha value is -4.06. The second-order valence-corrected chi connectivity index (χ2v) is 6.10. The number of cyclic esters (lactones) is 1. The first-order chi connectivity index (χ1) is 13.6. The average molecular weight is 370 g/mol. The monoisotopic (exact) mass is 370 g/mol. The van der Waals surface area contributed by atoms with Crippen LogP contribution in [0.1, 0.15) is 11.1 Å². The van der Waals surface area contributed by atoms with Crippen LogP contribution in [0, 0.1) is 10.1 Å². The van der Waals surface area contributed by atoms with Crippen LogP contribution in [0.25, 0.3) is 16.8 Å². The summed E-state index contributed by atoms with van der Waals surface area (Å²) in [6.45, 7) is 0. The summed E-state index contributed by atoms with van der Waals surface area (Å²) in [6.07, 6.45) is 4.58. The van der Waals surface area contributed by atoms with Crippen molar-refractivity contribution in [2.45, 2.75) is 0 Å². The summed E-state index contributed by atoms with van der Waals surface area (Å²) in [5.74, 6) is -0.323. The van der Waals surface area contributed by atoms with Gasteiger partial charge in [-0.3, -0.25) is 10.1 Å². The molecule has 0 aliphatic carbocycles. The SMILES string of the molecule is O=C1OC(c2ccc3ccccc3c2)=N/C1=C\C=C\c1ccccc1[N+](=O)[O-]. The van der Waals surface area contributed by atoms with Crippen molar-refractivity contribution in [3.8, 4) is 0 Å². The van der Waals surface area contributed by atoms with Crippen molar-refractivity contribution in [2.24, 2.45) is 4.99 Å². The molecule has 136 valence electrons. The first kappa shape index (κ1) is 17.4. The van der Waals surface area contributed by atoms with Gasteiger partial charge in [-0.1, -0.05) is 48.5 Å². The van der Waals surface area contributed by atoms with E-state index in [9.17, 15) is 14.9 Å². The van der Waals surface area contributed by atoms with Crippen LogP contribution < -0.4 is 0 Å². The number of carbonyl (C=O) groups excluding carboxylic acids is 1. The molecule has 1 heterocycles. The topological polar surface area (TPSA) is 81.8 Å². The van der Waals surface area contributed by atoms with E-state index in [1.807, 2.05) is 42.5 Å². The maximum Gasteiger partial charge on any atom is 0.363 e. The molecule has 0 unspecified atom stereocenters. The maximum absolute atomic E-state index is 12.1. The highest BCUT2D eigenvalue weighted by Gasteiger charge is 2.23. The molecule has 0 radical (unpaired) electrons. The van der Waals surface area contributed by atoms with Gasteiger partial charge in [0.1, 0.15) is 0 Å². The van der Waals surface area contributed by atoms with Crippen LogP contribution >= 0.6 is 0 Å². The van der Waals surface area contributed by atoms with Gasteiger partial charge in [0, 0.05) is 11.6 Å². The van der Waals surface area contributed by atoms with Gasteiger partial charge in [0.25, 0.3) is 5.69 Å².